The van der Waals surface area contributed by atoms with Gasteiger partial charge >= 0.3 is 0 Å². The zero-order valence-corrected chi connectivity index (χ0v) is 14.4. The zero-order chi connectivity index (χ0) is 15.4. The molecule has 4 nitrogen and oxygen atoms in total. The molecule has 0 atom stereocenters. The lowest BCUT2D eigenvalue weighted by molar-refractivity contribution is 0.0955. The van der Waals surface area contributed by atoms with Gasteiger partial charge in [-0.3, -0.25) is 4.79 Å². The summed E-state index contributed by atoms with van der Waals surface area (Å²) in [5.74, 6) is -0.451. The van der Waals surface area contributed by atoms with Crippen LogP contribution in [0.15, 0.2) is 50.4 Å². The summed E-state index contributed by atoms with van der Waals surface area (Å²) in [7, 11) is 0. The Hall–Kier alpha value is -1.37. The van der Waals surface area contributed by atoms with E-state index in [-0.39, 0.29) is 16.7 Å². The fraction of sp³-hybridized carbons (Fsp3) is 0. The molecule has 0 aromatic heterocycles. The number of phenolic OH excluding ortho intramolecular Hbond substituents is 1. The number of benzene rings is 2. The second kappa shape index (κ2) is 7.06. The second-order valence-corrected chi connectivity index (χ2v) is 6.27. The average molecular weight is 432 g/mol. The van der Waals surface area contributed by atoms with Gasteiger partial charge in [-0.15, -0.1) is 0 Å². The van der Waals surface area contributed by atoms with Gasteiger partial charge in [-0.05, 0) is 30.3 Å². The first-order chi connectivity index (χ1) is 9.97. The van der Waals surface area contributed by atoms with E-state index in [2.05, 4.69) is 42.4 Å². The van der Waals surface area contributed by atoms with Crippen molar-refractivity contribution in [3.05, 3.63) is 61.5 Å². The van der Waals surface area contributed by atoms with Gasteiger partial charge in [-0.2, -0.15) is 5.10 Å². The molecular weight excluding hydrogens is 423 g/mol. The Kier molecular flexibility index (Phi) is 5.39. The highest BCUT2D eigenvalue weighted by Crippen LogP contribution is 2.30. The van der Waals surface area contributed by atoms with Crippen LogP contribution in [0.25, 0.3) is 0 Å². The number of rotatable bonds is 3. The number of amides is 1. The minimum atomic E-state index is -0.354. The maximum Gasteiger partial charge on any atom is 0.271 e. The summed E-state index contributed by atoms with van der Waals surface area (Å²) in [4.78, 5) is 11.9. The number of hydrazone groups is 1. The number of halogens is 3. The Morgan fingerprint density at radius 2 is 2.00 bits per heavy atom. The number of nitrogens with one attached hydrogen (secondary N) is 1. The van der Waals surface area contributed by atoms with Crippen LogP contribution in [-0.2, 0) is 0 Å². The first kappa shape index (κ1) is 16.0. The lowest BCUT2D eigenvalue weighted by Crippen LogP contribution is -2.17. The van der Waals surface area contributed by atoms with E-state index in [1.54, 1.807) is 30.3 Å². The summed E-state index contributed by atoms with van der Waals surface area (Å²) in [5.41, 5.74) is 3.24. The highest BCUT2D eigenvalue weighted by atomic mass is 79.9. The van der Waals surface area contributed by atoms with Gasteiger partial charge in [0.25, 0.3) is 5.91 Å². The highest BCUT2D eigenvalue weighted by molar-refractivity contribution is 9.10. The molecule has 0 fully saturated rings. The fourth-order valence-electron chi connectivity index (χ4n) is 1.54. The minimum absolute atomic E-state index is 0.0969. The molecule has 0 aliphatic carbocycles. The van der Waals surface area contributed by atoms with E-state index in [1.165, 1.54) is 6.21 Å². The summed E-state index contributed by atoms with van der Waals surface area (Å²) in [6, 6.07) is 10.1. The average Bonchev–Trinajstić information content (AvgIpc) is 2.43. The number of hydrogen-bond acceptors (Lipinski definition) is 3. The summed E-state index contributed by atoms with van der Waals surface area (Å²) in [6.07, 6.45) is 1.32. The van der Waals surface area contributed by atoms with Crippen LogP contribution >= 0.6 is 43.5 Å². The minimum Gasteiger partial charge on any atom is -0.506 e. The third kappa shape index (κ3) is 4.30. The van der Waals surface area contributed by atoms with Crippen LogP contribution in [0.3, 0.4) is 0 Å². The molecule has 0 spiro atoms. The van der Waals surface area contributed by atoms with Crippen LogP contribution in [0, 0.1) is 0 Å². The van der Waals surface area contributed by atoms with Gasteiger partial charge in [-0.1, -0.05) is 49.5 Å². The van der Waals surface area contributed by atoms with E-state index < -0.39 is 0 Å². The van der Waals surface area contributed by atoms with E-state index in [9.17, 15) is 9.90 Å². The maximum atomic E-state index is 11.9. The Labute approximate surface area is 143 Å². The van der Waals surface area contributed by atoms with Crippen LogP contribution in [-0.4, -0.2) is 17.2 Å². The fourth-order valence-corrected chi connectivity index (χ4v) is 2.77. The van der Waals surface area contributed by atoms with E-state index in [1.807, 2.05) is 6.07 Å². The molecule has 2 N–H and O–H groups in total. The monoisotopic (exact) mass is 430 g/mol. The van der Waals surface area contributed by atoms with Crippen LogP contribution in [0.1, 0.15) is 15.9 Å². The summed E-state index contributed by atoms with van der Waals surface area (Å²) < 4.78 is 1.50. The lowest BCUT2D eigenvalue weighted by atomic mass is 10.2. The van der Waals surface area contributed by atoms with Gasteiger partial charge in [0.2, 0.25) is 0 Å². The molecule has 0 unspecified atom stereocenters. The largest absolute Gasteiger partial charge is 0.506 e. The molecule has 0 aliphatic heterocycles. The van der Waals surface area contributed by atoms with Crippen molar-refractivity contribution < 1.29 is 9.90 Å². The van der Waals surface area contributed by atoms with Crippen molar-refractivity contribution in [1.82, 2.24) is 5.43 Å². The second-order valence-electron chi connectivity index (χ2n) is 4.03. The summed E-state index contributed by atoms with van der Waals surface area (Å²) in [5, 5.41) is 13.8. The molecule has 7 heteroatoms. The highest BCUT2D eigenvalue weighted by Gasteiger charge is 2.07. The van der Waals surface area contributed by atoms with E-state index in [0.29, 0.717) is 15.6 Å². The molecule has 21 heavy (non-hydrogen) atoms. The van der Waals surface area contributed by atoms with Crippen LogP contribution in [0.2, 0.25) is 5.02 Å². The molecule has 0 aliphatic rings. The third-order valence-electron chi connectivity index (χ3n) is 2.51. The van der Waals surface area contributed by atoms with Crippen molar-refractivity contribution in [1.29, 1.82) is 0 Å². The topological polar surface area (TPSA) is 61.7 Å². The number of carbonyl (C=O) groups excluding carboxylic acids is 1. The molecule has 1 amide bonds. The number of phenols is 1. The zero-order valence-electron chi connectivity index (χ0n) is 10.5. The lowest BCUT2D eigenvalue weighted by Gasteiger charge is -2.03. The first-order valence-electron chi connectivity index (χ1n) is 5.74. The predicted octanol–water partition coefficient (Wildman–Crippen LogP) is 4.33. The van der Waals surface area contributed by atoms with Gasteiger partial charge in [-0.25, -0.2) is 5.43 Å². The van der Waals surface area contributed by atoms with Gasteiger partial charge in [0.15, 0.2) is 0 Å². The molecule has 0 bridgehead atoms. The van der Waals surface area contributed by atoms with Crippen LogP contribution in [0.5, 0.6) is 5.75 Å². The maximum absolute atomic E-state index is 11.9. The van der Waals surface area contributed by atoms with Crippen molar-refractivity contribution in [3.63, 3.8) is 0 Å². The Morgan fingerprint density at radius 3 is 2.71 bits per heavy atom. The number of hydrogen-bond donors (Lipinski definition) is 2. The number of nitrogens with zero attached hydrogens (tertiary/aromatic N) is 1. The van der Waals surface area contributed by atoms with E-state index in [4.69, 9.17) is 11.6 Å². The van der Waals surface area contributed by atoms with Crippen LogP contribution in [0.4, 0.5) is 0 Å². The molecular formula is C14H9Br2ClN2O2. The quantitative estimate of drug-likeness (QED) is 0.560. The Bertz CT molecular complexity index is 720. The molecule has 108 valence electrons. The molecule has 2 aromatic carbocycles. The summed E-state index contributed by atoms with van der Waals surface area (Å²) in [6.45, 7) is 0. The predicted molar refractivity (Wildman–Crippen MR) is 90.0 cm³/mol. The summed E-state index contributed by atoms with van der Waals surface area (Å²) >= 11 is 12.4. The van der Waals surface area contributed by atoms with Gasteiger partial charge < -0.3 is 5.11 Å². The van der Waals surface area contributed by atoms with E-state index in [0.717, 1.165) is 4.47 Å². The van der Waals surface area contributed by atoms with Crippen molar-refractivity contribution in [2.24, 2.45) is 5.10 Å². The first-order valence-corrected chi connectivity index (χ1v) is 7.71. The molecule has 0 saturated heterocycles. The van der Waals surface area contributed by atoms with Crippen molar-refractivity contribution in [2.45, 2.75) is 0 Å². The van der Waals surface area contributed by atoms with Gasteiger partial charge in [0.1, 0.15) is 5.75 Å². The standard InChI is InChI=1S/C14H9Br2ClN2O2/c15-10-3-1-2-8(4-10)14(21)19-18-7-9-5-11(16)6-12(17)13(9)20/h1-7,20H,(H,19,21)/b18-7-. The van der Waals surface area contributed by atoms with Gasteiger partial charge in [0, 0.05) is 20.1 Å². The normalized spacial score (nSPS) is 10.8. The molecule has 0 radical (unpaired) electrons. The molecule has 2 aromatic rings. The third-order valence-corrected chi connectivity index (χ3v) is 3.75. The molecule has 0 saturated carbocycles. The molecule has 0 heterocycles. The Balaban J connectivity index is 2.11. The Morgan fingerprint density at radius 1 is 1.24 bits per heavy atom. The van der Waals surface area contributed by atoms with E-state index >= 15 is 0 Å². The number of carbonyl (C=O) groups is 1. The van der Waals surface area contributed by atoms with Crippen molar-refractivity contribution >= 4 is 55.6 Å². The van der Waals surface area contributed by atoms with Gasteiger partial charge in [0.05, 0.1) is 11.2 Å². The smallest absolute Gasteiger partial charge is 0.271 e. The van der Waals surface area contributed by atoms with Crippen molar-refractivity contribution in [3.8, 4) is 5.75 Å². The van der Waals surface area contributed by atoms with Crippen molar-refractivity contribution in [2.75, 3.05) is 0 Å². The molecule has 2 rings (SSSR count). The SMILES string of the molecule is O=C(N/N=C\c1cc(Br)cc(Cl)c1O)c1cccc(Br)c1. The number of aromatic hydroxyl groups is 1. The van der Waals surface area contributed by atoms with Crippen LogP contribution < -0.4 is 5.43 Å².